The van der Waals surface area contributed by atoms with Crippen molar-refractivity contribution < 1.29 is 13.9 Å². The lowest BCUT2D eigenvalue weighted by Gasteiger charge is -2.08. The van der Waals surface area contributed by atoms with Gasteiger partial charge in [-0.3, -0.25) is 4.79 Å². The Labute approximate surface area is 191 Å². The number of amides is 1. The van der Waals surface area contributed by atoms with Crippen molar-refractivity contribution in [2.45, 2.75) is 24.1 Å². The molecular weight excluding hydrogens is 423 g/mol. The Hall–Kier alpha value is -3.25. The van der Waals surface area contributed by atoms with Crippen LogP contribution in [0.15, 0.2) is 83.9 Å². The van der Waals surface area contributed by atoms with Crippen LogP contribution in [0.3, 0.4) is 0 Å². The number of carbonyl (C=O) groups is 1. The summed E-state index contributed by atoms with van der Waals surface area (Å²) >= 11 is 1.73. The molecule has 0 saturated carbocycles. The van der Waals surface area contributed by atoms with Gasteiger partial charge in [0, 0.05) is 46.4 Å². The van der Waals surface area contributed by atoms with E-state index in [-0.39, 0.29) is 11.7 Å². The molecular formula is C26H25FN2O2S. The van der Waals surface area contributed by atoms with Crippen LogP contribution in [0.5, 0.6) is 5.75 Å². The number of para-hydroxylation sites is 1. The summed E-state index contributed by atoms with van der Waals surface area (Å²) in [7, 11) is 0. The molecule has 1 amide bonds. The first kappa shape index (κ1) is 22.0. The van der Waals surface area contributed by atoms with E-state index in [1.165, 1.54) is 22.4 Å². The third kappa shape index (κ3) is 5.32. The Morgan fingerprint density at radius 3 is 2.53 bits per heavy atom. The number of nitrogens with one attached hydrogen (secondary N) is 1. The highest BCUT2D eigenvalue weighted by molar-refractivity contribution is 7.98. The third-order valence-corrected chi connectivity index (χ3v) is 6.24. The molecule has 0 saturated heterocycles. The number of carbonyl (C=O) groups excluding carboxylic acids is 1. The first-order chi connectivity index (χ1) is 15.6. The largest absolute Gasteiger partial charge is 0.494 e. The summed E-state index contributed by atoms with van der Waals surface area (Å²) in [5, 5.41) is 4.17. The summed E-state index contributed by atoms with van der Waals surface area (Å²) in [5.74, 6) is 1.20. The highest BCUT2D eigenvalue weighted by Gasteiger charge is 2.10. The van der Waals surface area contributed by atoms with Crippen LogP contribution in [0.2, 0.25) is 0 Å². The highest BCUT2D eigenvalue weighted by atomic mass is 32.2. The molecule has 0 bridgehead atoms. The first-order valence-electron chi connectivity index (χ1n) is 10.6. The molecule has 4 nitrogen and oxygen atoms in total. The Morgan fingerprint density at radius 1 is 1.03 bits per heavy atom. The number of nitrogens with zero attached hydrogens (tertiary/aromatic N) is 1. The van der Waals surface area contributed by atoms with Crippen molar-refractivity contribution in [3.8, 4) is 5.75 Å². The van der Waals surface area contributed by atoms with Crippen molar-refractivity contribution in [1.29, 1.82) is 0 Å². The molecule has 4 rings (SSSR count). The molecule has 0 aliphatic carbocycles. The number of fused-ring (bicyclic) bond motifs is 1. The molecule has 32 heavy (non-hydrogen) atoms. The lowest BCUT2D eigenvalue weighted by atomic mass is 10.2. The second kappa shape index (κ2) is 10.4. The van der Waals surface area contributed by atoms with E-state index in [1.807, 2.05) is 43.3 Å². The van der Waals surface area contributed by atoms with Crippen LogP contribution in [0, 0.1) is 5.82 Å². The van der Waals surface area contributed by atoms with Crippen LogP contribution in [-0.4, -0.2) is 23.6 Å². The van der Waals surface area contributed by atoms with Crippen LogP contribution in [0.25, 0.3) is 10.9 Å². The average molecular weight is 449 g/mol. The SMILES string of the molecule is CCOc1ccc(C(=O)NCCn2cc(SCc3ccc(F)cc3)c3ccccc32)cc1. The van der Waals surface area contributed by atoms with E-state index >= 15 is 0 Å². The summed E-state index contributed by atoms with van der Waals surface area (Å²) in [6.45, 7) is 3.71. The molecule has 1 N–H and O–H groups in total. The van der Waals surface area contributed by atoms with Gasteiger partial charge in [0.1, 0.15) is 11.6 Å². The number of rotatable bonds is 9. The van der Waals surface area contributed by atoms with Crippen molar-refractivity contribution in [1.82, 2.24) is 9.88 Å². The van der Waals surface area contributed by atoms with Gasteiger partial charge in [-0.1, -0.05) is 30.3 Å². The Kier molecular flexibility index (Phi) is 7.12. The standard InChI is InChI=1S/C26H25FN2O2S/c1-2-31-22-13-9-20(10-14-22)26(30)28-15-16-29-17-25(23-5-3-4-6-24(23)29)32-18-19-7-11-21(27)12-8-19/h3-14,17H,2,15-16,18H2,1H3,(H,28,30). The van der Waals surface area contributed by atoms with Crippen LogP contribution in [-0.2, 0) is 12.3 Å². The van der Waals surface area contributed by atoms with Gasteiger partial charge in [-0.2, -0.15) is 0 Å². The van der Waals surface area contributed by atoms with Crippen molar-refractivity contribution in [3.63, 3.8) is 0 Å². The zero-order valence-corrected chi connectivity index (χ0v) is 18.7. The molecule has 0 fully saturated rings. The zero-order chi connectivity index (χ0) is 22.3. The highest BCUT2D eigenvalue weighted by Crippen LogP contribution is 2.32. The monoisotopic (exact) mass is 448 g/mol. The van der Waals surface area contributed by atoms with Crippen LogP contribution < -0.4 is 10.1 Å². The lowest BCUT2D eigenvalue weighted by molar-refractivity contribution is 0.0952. The maximum absolute atomic E-state index is 13.1. The first-order valence-corrected chi connectivity index (χ1v) is 11.6. The molecule has 0 aliphatic rings. The van der Waals surface area contributed by atoms with E-state index < -0.39 is 0 Å². The van der Waals surface area contributed by atoms with Crippen molar-refractivity contribution in [2.75, 3.05) is 13.2 Å². The molecule has 1 aromatic heterocycles. The van der Waals surface area contributed by atoms with Gasteiger partial charge in [-0.25, -0.2) is 4.39 Å². The van der Waals surface area contributed by atoms with Gasteiger partial charge in [0.15, 0.2) is 0 Å². The van der Waals surface area contributed by atoms with Crippen molar-refractivity contribution in [2.24, 2.45) is 0 Å². The van der Waals surface area contributed by atoms with Gasteiger partial charge < -0.3 is 14.6 Å². The fourth-order valence-electron chi connectivity index (χ4n) is 3.52. The maximum Gasteiger partial charge on any atom is 0.251 e. The zero-order valence-electron chi connectivity index (χ0n) is 17.9. The number of aromatic nitrogens is 1. The predicted octanol–water partition coefficient (Wildman–Crippen LogP) is 5.90. The molecule has 0 aliphatic heterocycles. The number of benzene rings is 3. The molecule has 0 radical (unpaired) electrons. The molecule has 0 atom stereocenters. The van der Waals surface area contributed by atoms with E-state index in [1.54, 1.807) is 23.9 Å². The minimum atomic E-state index is -0.220. The molecule has 0 unspecified atom stereocenters. The van der Waals surface area contributed by atoms with Gasteiger partial charge in [-0.05, 0) is 55.0 Å². The molecule has 4 aromatic rings. The smallest absolute Gasteiger partial charge is 0.251 e. The fraction of sp³-hybridized carbons (Fsp3) is 0.192. The number of hydrogen-bond acceptors (Lipinski definition) is 3. The summed E-state index contributed by atoms with van der Waals surface area (Å²) in [4.78, 5) is 13.6. The van der Waals surface area contributed by atoms with Crippen LogP contribution >= 0.6 is 11.8 Å². The summed E-state index contributed by atoms with van der Waals surface area (Å²) in [6, 6.07) is 22.0. The fourth-order valence-corrected chi connectivity index (χ4v) is 4.56. The van der Waals surface area contributed by atoms with E-state index in [9.17, 15) is 9.18 Å². The lowest BCUT2D eigenvalue weighted by Crippen LogP contribution is -2.27. The molecule has 6 heteroatoms. The van der Waals surface area contributed by atoms with E-state index in [4.69, 9.17) is 4.74 Å². The number of ether oxygens (including phenoxy) is 1. The quantitative estimate of drug-likeness (QED) is 0.324. The van der Waals surface area contributed by atoms with Crippen molar-refractivity contribution >= 4 is 28.6 Å². The summed E-state index contributed by atoms with van der Waals surface area (Å²) in [6.07, 6.45) is 2.13. The second-order valence-electron chi connectivity index (χ2n) is 7.33. The summed E-state index contributed by atoms with van der Waals surface area (Å²) in [5.41, 5.74) is 2.82. The van der Waals surface area contributed by atoms with E-state index in [2.05, 4.69) is 28.2 Å². The molecule has 164 valence electrons. The second-order valence-corrected chi connectivity index (χ2v) is 8.35. The number of halogens is 1. The molecule has 3 aromatic carbocycles. The van der Waals surface area contributed by atoms with Gasteiger partial charge in [0.05, 0.1) is 6.61 Å². The van der Waals surface area contributed by atoms with Gasteiger partial charge in [-0.15, -0.1) is 11.8 Å². The minimum absolute atomic E-state index is 0.101. The van der Waals surface area contributed by atoms with Crippen molar-refractivity contribution in [3.05, 3.63) is 95.9 Å². The molecule has 0 spiro atoms. The normalized spacial score (nSPS) is 10.9. The minimum Gasteiger partial charge on any atom is -0.494 e. The maximum atomic E-state index is 13.1. The summed E-state index contributed by atoms with van der Waals surface area (Å²) < 4.78 is 20.7. The van der Waals surface area contributed by atoms with E-state index in [0.717, 1.165) is 22.6 Å². The van der Waals surface area contributed by atoms with Crippen LogP contribution in [0.4, 0.5) is 4.39 Å². The average Bonchev–Trinajstić information content (AvgIpc) is 3.17. The number of thioether (sulfide) groups is 1. The third-order valence-electron chi connectivity index (χ3n) is 5.13. The Bertz CT molecular complexity index is 1190. The van der Waals surface area contributed by atoms with E-state index in [0.29, 0.717) is 25.3 Å². The van der Waals surface area contributed by atoms with Gasteiger partial charge in [0.2, 0.25) is 0 Å². The van der Waals surface area contributed by atoms with Crippen LogP contribution in [0.1, 0.15) is 22.8 Å². The van der Waals surface area contributed by atoms with Gasteiger partial charge in [0.25, 0.3) is 5.91 Å². The Balaban J connectivity index is 1.39. The van der Waals surface area contributed by atoms with Gasteiger partial charge >= 0.3 is 0 Å². The predicted molar refractivity (Wildman–Crippen MR) is 128 cm³/mol. The number of hydrogen-bond donors (Lipinski definition) is 1. The topological polar surface area (TPSA) is 43.3 Å². The molecule has 1 heterocycles. The Morgan fingerprint density at radius 2 is 1.78 bits per heavy atom.